The summed E-state index contributed by atoms with van der Waals surface area (Å²) in [7, 11) is 1.64. The van der Waals surface area contributed by atoms with Crippen molar-refractivity contribution in [2.24, 2.45) is 0 Å². The summed E-state index contributed by atoms with van der Waals surface area (Å²) in [5, 5.41) is 10.8. The highest BCUT2D eigenvalue weighted by Crippen LogP contribution is 2.26. The average Bonchev–Trinajstić information content (AvgIpc) is 3.32. The van der Waals surface area contributed by atoms with Gasteiger partial charge < -0.3 is 17.1 Å². The molecular weight excluding hydrogens is 394 g/mol. The van der Waals surface area contributed by atoms with Gasteiger partial charge in [0, 0.05) is 23.3 Å². The minimum absolute atomic E-state index is 0. The van der Waals surface area contributed by atoms with Gasteiger partial charge in [-0.1, -0.05) is 0 Å². The van der Waals surface area contributed by atoms with E-state index in [-0.39, 0.29) is 30.4 Å². The normalized spacial score (nSPS) is 12.2. The first kappa shape index (κ1) is 20.5. The number of carbonyl (C=O) groups excluding carboxylic acids is 1. The number of nitrogens with zero attached hydrogens (tertiary/aromatic N) is 3. The fourth-order valence-corrected chi connectivity index (χ4v) is 3.65. The van der Waals surface area contributed by atoms with E-state index in [9.17, 15) is 14.9 Å². The van der Waals surface area contributed by atoms with Gasteiger partial charge in [0.1, 0.15) is 11.9 Å². The molecule has 4 rings (SSSR count). The highest BCUT2D eigenvalue weighted by atomic mass is 35.5. The minimum Gasteiger partial charge on any atom is -1.00 e. The lowest BCUT2D eigenvalue weighted by molar-refractivity contribution is -0.689. The molecule has 1 aliphatic rings. The Labute approximate surface area is 174 Å². The van der Waals surface area contributed by atoms with Crippen LogP contribution in [0.4, 0.5) is 5.69 Å². The van der Waals surface area contributed by atoms with E-state index in [1.165, 1.54) is 24.3 Å². The molecule has 0 spiro atoms. The lowest BCUT2D eigenvalue weighted by Crippen LogP contribution is -3.00. The molecular formula is C21H20ClN3O4. The number of nitro groups is 1. The summed E-state index contributed by atoms with van der Waals surface area (Å²) in [6, 6.07) is 13.6. The Morgan fingerprint density at radius 3 is 2.48 bits per heavy atom. The zero-order valence-electron chi connectivity index (χ0n) is 15.9. The van der Waals surface area contributed by atoms with Crippen molar-refractivity contribution in [2.45, 2.75) is 25.9 Å². The second kappa shape index (κ2) is 8.45. The van der Waals surface area contributed by atoms with Crippen LogP contribution in [0.2, 0.25) is 0 Å². The Bertz CT molecular complexity index is 1040. The highest BCUT2D eigenvalue weighted by Gasteiger charge is 2.29. The lowest BCUT2D eigenvalue weighted by Gasteiger charge is -2.01. The first-order chi connectivity index (χ1) is 13.6. The number of benzene rings is 2. The average molecular weight is 414 g/mol. The zero-order chi connectivity index (χ0) is 19.7. The molecule has 0 fully saturated rings. The summed E-state index contributed by atoms with van der Waals surface area (Å²) >= 11 is 0. The first-order valence-electron chi connectivity index (χ1n) is 9.11. The van der Waals surface area contributed by atoms with E-state index in [2.05, 4.69) is 4.57 Å². The fourth-order valence-electron chi connectivity index (χ4n) is 3.65. The van der Waals surface area contributed by atoms with E-state index >= 15 is 0 Å². The van der Waals surface area contributed by atoms with Gasteiger partial charge in [-0.15, -0.1) is 0 Å². The largest absolute Gasteiger partial charge is 1.00 e. The number of aromatic nitrogens is 2. The van der Waals surface area contributed by atoms with Gasteiger partial charge >= 0.3 is 0 Å². The van der Waals surface area contributed by atoms with Crippen molar-refractivity contribution >= 4 is 11.5 Å². The van der Waals surface area contributed by atoms with Gasteiger partial charge in [-0.05, 0) is 42.8 Å². The summed E-state index contributed by atoms with van der Waals surface area (Å²) in [5.74, 6) is 1.86. The molecule has 1 aromatic heterocycles. The molecule has 0 N–H and O–H groups in total. The third-order valence-electron chi connectivity index (χ3n) is 5.09. The molecule has 1 aliphatic heterocycles. The third-order valence-corrected chi connectivity index (χ3v) is 5.09. The molecule has 0 radical (unpaired) electrons. The number of ether oxygens (including phenoxy) is 1. The van der Waals surface area contributed by atoms with Crippen molar-refractivity contribution in [2.75, 3.05) is 7.11 Å². The van der Waals surface area contributed by atoms with E-state index in [1.54, 1.807) is 7.11 Å². The summed E-state index contributed by atoms with van der Waals surface area (Å²) in [4.78, 5) is 23.0. The number of nitro benzene ring substituents is 1. The van der Waals surface area contributed by atoms with Crippen molar-refractivity contribution < 1.29 is 31.4 Å². The maximum Gasteiger partial charge on any atom is 0.269 e. The zero-order valence-corrected chi connectivity index (χ0v) is 16.6. The van der Waals surface area contributed by atoms with E-state index in [0.29, 0.717) is 5.56 Å². The van der Waals surface area contributed by atoms with E-state index in [4.69, 9.17) is 4.74 Å². The molecule has 29 heavy (non-hydrogen) atoms. The molecule has 150 valence electrons. The monoisotopic (exact) mass is 413 g/mol. The molecule has 0 saturated heterocycles. The Morgan fingerprint density at radius 2 is 1.86 bits per heavy atom. The van der Waals surface area contributed by atoms with Gasteiger partial charge in [0.15, 0.2) is 12.2 Å². The number of imidazole rings is 1. The van der Waals surface area contributed by atoms with Crippen LogP contribution in [0.25, 0.3) is 11.3 Å². The molecule has 8 heteroatoms. The number of fused-ring (bicyclic) bond motifs is 1. The maximum absolute atomic E-state index is 12.7. The van der Waals surface area contributed by atoms with Crippen LogP contribution in [0.1, 0.15) is 22.6 Å². The summed E-state index contributed by atoms with van der Waals surface area (Å²) in [6.07, 6.45) is 3.98. The van der Waals surface area contributed by atoms with Crippen LogP contribution in [0, 0.1) is 10.1 Å². The number of Topliss-reactive ketones (excluding diaryl/α,β-unsaturated/α-hetero) is 1. The maximum atomic E-state index is 12.7. The van der Waals surface area contributed by atoms with Crippen molar-refractivity contribution in [1.29, 1.82) is 0 Å². The standard InChI is InChI=1S/C21H20N3O4.ClH/c1-28-18-10-6-15(7-11-18)19-13-22(21-3-2-12-23(19)21)14-20(25)16-4-8-17(9-5-16)24(26)27;/h4-11,13H,2-3,12,14H2,1H3;1H/q+1;/p-1. The summed E-state index contributed by atoms with van der Waals surface area (Å²) in [5.41, 5.74) is 2.61. The van der Waals surface area contributed by atoms with E-state index in [1.807, 2.05) is 35.0 Å². The summed E-state index contributed by atoms with van der Waals surface area (Å²) in [6.45, 7) is 1.14. The van der Waals surface area contributed by atoms with Crippen molar-refractivity contribution in [1.82, 2.24) is 4.57 Å². The number of non-ortho nitro benzene ring substituents is 1. The molecule has 0 bridgehead atoms. The molecule has 0 amide bonds. The van der Waals surface area contributed by atoms with Crippen molar-refractivity contribution in [3.8, 4) is 17.0 Å². The Balaban J connectivity index is 0.00000240. The third kappa shape index (κ3) is 4.00. The van der Waals surface area contributed by atoms with Gasteiger partial charge in [-0.3, -0.25) is 14.9 Å². The quantitative estimate of drug-likeness (QED) is 0.250. The Morgan fingerprint density at radius 1 is 1.17 bits per heavy atom. The predicted molar refractivity (Wildman–Crippen MR) is 102 cm³/mol. The molecule has 0 unspecified atom stereocenters. The number of halogens is 1. The van der Waals surface area contributed by atoms with Crippen LogP contribution in [-0.4, -0.2) is 22.4 Å². The second-order valence-corrected chi connectivity index (χ2v) is 6.77. The van der Waals surface area contributed by atoms with Crippen LogP contribution in [-0.2, 0) is 19.5 Å². The number of carbonyl (C=O) groups is 1. The number of methoxy groups -OCH3 is 1. The Hall–Kier alpha value is -3.19. The first-order valence-corrected chi connectivity index (χ1v) is 9.11. The SMILES string of the molecule is COc1ccc(-c2c[n+](CC(=O)c3ccc([N+](=O)[O-])cc3)c3n2CCC3)cc1.[Cl-]. The number of rotatable bonds is 6. The van der Waals surface area contributed by atoms with E-state index in [0.717, 1.165) is 42.2 Å². The fraction of sp³-hybridized carbons (Fsp3) is 0.238. The molecule has 2 aromatic carbocycles. The highest BCUT2D eigenvalue weighted by molar-refractivity contribution is 5.95. The summed E-state index contributed by atoms with van der Waals surface area (Å²) < 4.78 is 9.48. The number of ketones is 1. The van der Waals surface area contributed by atoms with Crippen molar-refractivity contribution in [3.05, 3.63) is 76.2 Å². The molecule has 0 atom stereocenters. The van der Waals surface area contributed by atoms with Gasteiger partial charge in [0.25, 0.3) is 11.5 Å². The number of hydrogen-bond donors (Lipinski definition) is 0. The van der Waals surface area contributed by atoms with E-state index < -0.39 is 4.92 Å². The van der Waals surface area contributed by atoms with Crippen LogP contribution >= 0.6 is 0 Å². The molecule has 0 aliphatic carbocycles. The molecule has 0 saturated carbocycles. The predicted octanol–water partition coefficient (Wildman–Crippen LogP) is 0.193. The van der Waals surface area contributed by atoms with Gasteiger partial charge in [-0.25, -0.2) is 9.13 Å². The number of hydrogen-bond acceptors (Lipinski definition) is 4. The van der Waals surface area contributed by atoms with Gasteiger partial charge in [0.2, 0.25) is 5.78 Å². The smallest absolute Gasteiger partial charge is 0.269 e. The molecule has 2 heterocycles. The Kier molecular flexibility index (Phi) is 5.98. The molecule has 7 nitrogen and oxygen atoms in total. The minimum atomic E-state index is -0.467. The van der Waals surface area contributed by atoms with Gasteiger partial charge in [-0.2, -0.15) is 0 Å². The second-order valence-electron chi connectivity index (χ2n) is 6.77. The topological polar surface area (TPSA) is 78.2 Å². The van der Waals surface area contributed by atoms with Crippen molar-refractivity contribution in [3.63, 3.8) is 0 Å². The van der Waals surface area contributed by atoms with Crippen LogP contribution in [0.5, 0.6) is 5.75 Å². The molecule has 3 aromatic rings. The lowest BCUT2D eigenvalue weighted by atomic mass is 10.1. The van der Waals surface area contributed by atoms with Crippen LogP contribution in [0.15, 0.2) is 54.7 Å². The van der Waals surface area contributed by atoms with Crippen LogP contribution < -0.4 is 21.7 Å². The van der Waals surface area contributed by atoms with Gasteiger partial charge in [0.05, 0.1) is 25.0 Å². The van der Waals surface area contributed by atoms with Crippen LogP contribution in [0.3, 0.4) is 0 Å².